The van der Waals surface area contributed by atoms with Gasteiger partial charge in [0.05, 0.1) is 16.5 Å². The molecule has 32 heavy (non-hydrogen) atoms. The minimum atomic E-state index is -3.84. The van der Waals surface area contributed by atoms with Gasteiger partial charge >= 0.3 is 0 Å². The van der Waals surface area contributed by atoms with Crippen molar-refractivity contribution in [3.63, 3.8) is 0 Å². The predicted molar refractivity (Wildman–Crippen MR) is 124 cm³/mol. The van der Waals surface area contributed by atoms with Crippen LogP contribution in [-0.4, -0.2) is 24.8 Å². The summed E-state index contributed by atoms with van der Waals surface area (Å²) in [5.41, 5.74) is 3.21. The van der Waals surface area contributed by atoms with E-state index in [4.69, 9.17) is 0 Å². The Hall–Kier alpha value is -3.21. The van der Waals surface area contributed by atoms with E-state index in [1.165, 1.54) is 18.1 Å². The van der Waals surface area contributed by atoms with Crippen LogP contribution in [0.3, 0.4) is 0 Å². The predicted octanol–water partition coefficient (Wildman–Crippen LogP) is 4.79. The molecule has 7 heteroatoms. The minimum Gasteiger partial charge on any atom is -0.292 e. The summed E-state index contributed by atoms with van der Waals surface area (Å²) in [6.07, 6.45) is 3.37. The van der Waals surface area contributed by atoms with Gasteiger partial charge in [-0.25, -0.2) is 13.4 Å². The van der Waals surface area contributed by atoms with Crippen LogP contribution in [-0.2, 0) is 16.6 Å². The summed E-state index contributed by atoms with van der Waals surface area (Å²) in [4.78, 5) is 6.64. The van der Waals surface area contributed by atoms with Crippen LogP contribution in [0.15, 0.2) is 71.6 Å². The number of nitrogens with one attached hydrogen (secondary N) is 1. The summed E-state index contributed by atoms with van der Waals surface area (Å²) in [5, 5.41) is 9.75. The number of hydrogen-bond acceptors (Lipinski definition) is 5. The van der Waals surface area contributed by atoms with E-state index in [2.05, 4.69) is 44.9 Å². The molecule has 1 aromatic heterocycles. The highest BCUT2D eigenvalue weighted by molar-refractivity contribution is 7.92. The van der Waals surface area contributed by atoms with Gasteiger partial charge in [0.25, 0.3) is 10.0 Å². The van der Waals surface area contributed by atoms with Gasteiger partial charge in [-0.05, 0) is 61.7 Å². The van der Waals surface area contributed by atoms with E-state index in [0.717, 1.165) is 24.9 Å². The van der Waals surface area contributed by atoms with E-state index in [0.29, 0.717) is 23.8 Å². The Morgan fingerprint density at radius 1 is 1.09 bits per heavy atom. The van der Waals surface area contributed by atoms with Gasteiger partial charge in [0, 0.05) is 18.3 Å². The number of piperidine rings is 1. The first kappa shape index (κ1) is 22.0. The van der Waals surface area contributed by atoms with E-state index >= 15 is 0 Å². The zero-order chi connectivity index (χ0) is 22.6. The topological polar surface area (TPSA) is 86.1 Å². The fourth-order valence-corrected chi connectivity index (χ4v) is 5.24. The van der Waals surface area contributed by atoms with Gasteiger partial charge in [-0.3, -0.25) is 9.62 Å². The molecule has 0 saturated carbocycles. The Morgan fingerprint density at radius 3 is 2.66 bits per heavy atom. The summed E-state index contributed by atoms with van der Waals surface area (Å²) in [6.45, 7) is 3.35. The van der Waals surface area contributed by atoms with Gasteiger partial charge in [-0.2, -0.15) is 5.26 Å². The summed E-state index contributed by atoms with van der Waals surface area (Å²) in [6, 6.07) is 22.8. The highest BCUT2D eigenvalue weighted by atomic mass is 32.2. The van der Waals surface area contributed by atoms with E-state index in [9.17, 15) is 13.7 Å². The third-order valence-corrected chi connectivity index (χ3v) is 7.16. The molecule has 1 N–H and O–H groups in total. The maximum atomic E-state index is 12.8. The fraction of sp³-hybridized carbons (Fsp3) is 0.280. The molecule has 1 fully saturated rings. The maximum Gasteiger partial charge on any atom is 0.263 e. The number of benzene rings is 2. The van der Waals surface area contributed by atoms with Crippen LogP contribution in [0.5, 0.6) is 0 Å². The summed E-state index contributed by atoms with van der Waals surface area (Å²) in [7, 11) is -3.84. The number of nitriles is 1. The van der Waals surface area contributed by atoms with Gasteiger partial charge in [-0.1, -0.05) is 48.9 Å². The average molecular weight is 447 g/mol. The van der Waals surface area contributed by atoms with E-state index in [1.54, 1.807) is 37.3 Å². The number of likely N-dealkylation sites (tertiary alicyclic amines) is 1. The Bertz CT molecular complexity index is 1240. The van der Waals surface area contributed by atoms with Crippen LogP contribution < -0.4 is 4.72 Å². The molecule has 0 spiro atoms. The Labute approximate surface area is 189 Å². The lowest BCUT2D eigenvalue weighted by atomic mass is 9.94. The van der Waals surface area contributed by atoms with Crippen molar-refractivity contribution in [3.8, 4) is 6.07 Å². The van der Waals surface area contributed by atoms with Gasteiger partial charge in [0.2, 0.25) is 0 Å². The summed E-state index contributed by atoms with van der Waals surface area (Å²) >= 11 is 0. The third kappa shape index (κ3) is 4.98. The second-order valence-corrected chi connectivity index (χ2v) is 9.78. The molecule has 1 saturated heterocycles. The second kappa shape index (κ2) is 9.51. The summed E-state index contributed by atoms with van der Waals surface area (Å²) < 4.78 is 28.2. The number of aromatic nitrogens is 1. The largest absolute Gasteiger partial charge is 0.292 e. The van der Waals surface area contributed by atoms with Crippen LogP contribution in [0.25, 0.3) is 0 Å². The molecular formula is C25H26N4O2S. The summed E-state index contributed by atoms with van der Waals surface area (Å²) in [5.74, 6) is 0.256. The minimum absolute atomic E-state index is 0.0550. The zero-order valence-electron chi connectivity index (χ0n) is 18.0. The van der Waals surface area contributed by atoms with Crippen molar-refractivity contribution in [2.75, 3.05) is 11.3 Å². The van der Waals surface area contributed by atoms with Crippen molar-refractivity contribution in [2.45, 2.75) is 43.7 Å². The van der Waals surface area contributed by atoms with Crippen LogP contribution in [0.1, 0.15) is 47.7 Å². The molecular weight excluding hydrogens is 420 g/mol. The number of hydrogen-bond donors (Lipinski definition) is 1. The standard InChI is InChI=1S/C25H26N4O2S/c1-19-8-7-12-25(27-19)28-32(30,31)23-14-13-21(22(16-23)17-26)18-29-15-6-5-11-24(29)20-9-3-2-4-10-20/h2-4,7-10,12-14,16,24H,5-6,11,15,18H2,1H3,(H,27,28)/t24-/m1/s1. The first-order chi connectivity index (χ1) is 15.5. The number of rotatable bonds is 6. The molecule has 1 aliphatic heterocycles. The Kier molecular flexibility index (Phi) is 6.54. The van der Waals surface area contributed by atoms with Gasteiger partial charge in [0.15, 0.2) is 0 Å². The second-order valence-electron chi connectivity index (χ2n) is 8.09. The Balaban J connectivity index is 1.57. The number of nitrogens with zero attached hydrogens (tertiary/aromatic N) is 3. The molecule has 2 heterocycles. The number of pyridine rings is 1. The van der Waals surface area contributed by atoms with Crippen molar-refractivity contribution >= 4 is 15.8 Å². The lowest BCUT2D eigenvalue weighted by molar-refractivity contribution is 0.140. The first-order valence-electron chi connectivity index (χ1n) is 10.7. The molecule has 2 aromatic carbocycles. The van der Waals surface area contributed by atoms with Gasteiger partial charge in [0.1, 0.15) is 5.82 Å². The quantitative estimate of drug-likeness (QED) is 0.588. The molecule has 0 unspecified atom stereocenters. The van der Waals surface area contributed by atoms with Crippen LogP contribution in [0.2, 0.25) is 0 Å². The zero-order valence-corrected chi connectivity index (χ0v) is 18.8. The molecule has 1 atom stereocenters. The molecule has 164 valence electrons. The van der Waals surface area contributed by atoms with Crippen molar-refractivity contribution in [1.29, 1.82) is 5.26 Å². The monoisotopic (exact) mass is 446 g/mol. The van der Waals surface area contributed by atoms with Crippen molar-refractivity contribution in [3.05, 3.63) is 89.1 Å². The number of anilines is 1. The van der Waals surface area contributed by atoms with Crippen LogP contribution >= 0.6 is 0 Å². The first-order valence-corrected chi connectivity index (χ1v) is 12.2. The Morgan fingerprint density at radius 2 is 1.91 bits per heavy atom. The lowest BCUT2D eigenvalue weighted by Gasteiger charge is -2.36. The van der Waals surface area contributed by atoms with Crippen molar-refractivity contribution < 1.29 is 8.42 Å². The number of aryl methyl sites for hydroxylation is 1. The lowest BCUT2D eigenvalue weighted by Crippen LogP contribution is -2.33. The molecule has 0 radical (unpaired) electrons. The van der Waals surface area contributed by atoms with E-state index < -0.39 is 10.0 Å². The molecule has 4 rings (SSSR count). The average Bonchev–Trinajstić information content (AvgIpc) is 2.80. The van der Waals surface area contributed by atoms with E-state index in [1.807, 2.05) is 6.07 Å². The molecule has 3 aromatic rings. The SMILES string of the molecule is Cc1cccc(NS(=O)(=O)c2ccc(CN3CCCC[C@@H]3c3ccccc3)c(C#N)c2)n1. The highest BCUT2D eigenvalue weighted by Gasteiger charge is 2.25. The molecule has 0 amide bonds. The molecule has 0 bridgehead atoms. The normalized spacial score (nSPS) is 16.9. The smallest absolute Gasteiger partial charge is 0.263 e. The fourth-order valence-electron chi connectivity index (χ4n) is 4.21. The number of sulfonamides is 1. The highest BCUT2D eigenvalue weighted by Crippen LogP contribution is 2.32. The van der Waals surface area contributed by atoms with E-state index in [-0.39, 0.29) is 10.7 Å². The van der Waals surface area contributed by atoms with Crippen molar-refractivity contribution in [1.82, 2.24) is 9.88 Å². The van der Waals surface area contributed by atoms with Crippen LogP contribution in [0, 0.1) is 18.3 Å². The molecule has 0 aliphatic carbocycles. The third-order valence-electron chi connectivity index (χ3n) is 5.81. The molecule has 1 aliphatic rings. The van der Waals surface area contributed by atoms with Crippen LogP contribution in [0.4, 0.5) is 5.82 Å². The van der Waals surface area contributed by atoms with Gasteiger partial charge in [-0.15, -0.1) is 0 Å². The van der Waals surface area contributed by atoms with Crippen molar-refractivity contribution in [2.24, 2.45) is 0 Å². The maximum absolute atomic E-state index is 12.8. The van der Waals surface area contributed by atoms with Gasteiger partial charge < -0.3 is 0 Å². The molecule has 6 nitrogen and oxygen atoms in total.